The Labute approximate surface area is 156 Å². The van der Waals surface area contributed by atoms with Crippen molar-refractivity contribution in [1.29, 1.82) is 0 Å². The van der Waals surface area contributed by atoms with Gasteiger partial charge >= 0.3 is 0 Å². The molecule has 26 heavy (non-hydrogen) atoms. The number of H-pyrrole nitrogens is 1. The molecule has 0 spiro atoms. The molecular formula is C19H22N4O2S. The van der Waals surface area contributed by atoms with Gasteiger partial charge in [-0.3, -0.25) is 4.79 Å². The molecule has 1 amide bonds. The highest BCUT2D eigenvalue weighted by Gasteiger charge is 2.25. The van der Waals surface area contributed by atoms with E-state index in [0.29, 0.717) is 28.7 Å². The summed E-state index contributed by atoms with van der Waals surface area (Å²) in [6, 6.07) is 7.97. The summed E-state index contributed by atoms with van der Waals surface area (Å²) in [4.78, 5) is 17.6. The van der Waals surface area contributed by atoms with E-state index in [1.807, 2.05) is 35.4 Å². The number of piperidine rings is 1. The Morgan fingerprint density at radius 2 is 2.04 bits per heavy atom. The van der Waals surface area contributed by atoms with Crippen LogP contribution in [0.25, 0.3) is 22.4 Å². The Morgan fingerprint density at radius 1 is 1.27 bits per heavy atom. The van der Waals surface area contributed by atoms with Crippen LogP contribution in [-0.4, -0.2) is 44.8 Å². The molecule has 6 nitrogen and oxygen atoms in total. The number of fused-ring (bicyclic) bond motifs is 1. The summed E-state index contributed by atoms with van der Waals surface area (Å²) in [5, 5.41) is 9.70. The van der Waals surface area contributed by atoms with Gasteiger partial charge in [-0.05, 0) is 24.3 Å². The third-order valence-electron chi connectivity index (χ3n) is 4.77. The number of benzene rings is 1. The smallest absolute Gasteiger partial charge is 0.277 e. The number of aromatic amines is 1. The first-order chi connectivity index (χ1) is 12.6. The molecule has 0 aliphatic carbocycles. The quantitative estimate of drug-likeness (QED) is 0.707. The van der Waals surface area contributed by atoms with E-state index in [1.54, 1.807) is 0 Å². The van der Waals surface area contributed by atoms with Gasteiger partial charge in [0.15, 0.2) is 0 Å². The van der Waals surface area contributed by atoms with Crippen LogP contribution >= 0.6 is 11.8 Å². The molecule has 3 aromatic rings. The van der Waals surface area contributed by atoms with Crippen LogP contribution < -0.4 is 0 Å². The molecule has 1 fully saturated rings. The fourth-order valence-electron chi connectivity index (χ4n) is 3.71. The SMILES string of the molecule is C[C@@H]1C[C@@H](C)CN(C(=O)CSc2nnc(-c3c[nH]c4ccccc34)o2)C1. The zero-order valence-corrected chi connectivity index (χ0v) is 15.8. The minimum absolute atomic E-state index is 0.139. The Hall–Kier alpha value is -2.28. The number of thioether (sulfide) groups is 1. The molecule has 1 N–H and O–H groups in total. The molecule has 1 saturated heterocycles. The lowest BCUT2D eigenvalue weighted by molar-refractivity contribution is -0.130. The number of amides is 1. The van der Waals surface area contributed by atoms with E-state index in [-0.39, 0.29) is 5.91 Å². The standard InChI is InChI=1S/C19H22N4O2S/c1-12-7-13(2)10-23(9-12)17(24)11-26-19-22-21-18(25-19)15-8-20-16-6-4-3-5-14(15)16/h3-6,8,12-13,20H,7,9-11H2,1-2H3/t12-,13-/m1/s1. The van der Waals surface area contributed by atoms with Crippen LogP contribution in [0, 0.1) is 11.8 Å². The minimum Gasteiger partial charge on any atom is -0.411 e. The van der Waals surface area contributed by atoms with Crippen LogP contribution in [-0.2, 0) is 4.79 Å². The summed E-state index contributed by atoms with van der Waals surface area (Å²) in [6.45, 7) is 6.09. The van der Waals surface area contributed by atoms with Crippen LogP contribution in [0.15, 0.2) is 40.1 Å². The van der Waals surface area contributed by atoms with E-state index in [0.717, 1.165) is 29.6 Å². The van der Waals surface area contributed by atoms with E-state index < -0.39 is 0 Å². The van der Waals surface area contributed by atoms with Crippen LogP contribution in [0.2, 0.25) is 0 Å². The average Bonchev–Trinajstić information content (AvgIpc) is 3.25. The van der Waals surface area contributed by atoms with Gasteiger partial charge in [-0.2, -0.15) is 0 Å². The summed E-state index contributed by atoms with van der Waals surface area (Å²) < 4.78 is 5.77. The predicted octanol–water partition coefficient (Wildman–Crippen LogP) is 3.81. The molecule has 1 aliphatic heterocycles. The molecule has 0 radical (unpaired) electrons. The summed E-state index contributed by atoms with van der Waals surface area (Å²) in [7, 11) is 0. The number of carbonyl (C=O) groups excluding carboxylic acids is 1. The summed E-state index contributed by atoms with van der Waals surface area (Å²) in [5.74, 6) is 2.06. The Morgan fingerprint density at radius 3 is 2.85 bits per heavy atom. The van der Waals surface area contributed by atoms with Crippen molar-refractivity contribution < 1.29 is 9.21 Å². The maximum Gasteiger partial charge on any atom is 0.277 e. The Bertz CT molecular complexity index is 909. The number of hydrogen-bond acceptors (Lipinski definition) is 5. The molecule has 7 heteroatoms. The third kappa shape index (κ3) is 3.49. The van der Waals surface area contributed by atoms with Crippen molar-refractivity contribution in [3.63, 3.8) is 0 Å². The fraction of sp³-hybridized carbons (Fsp3) is 0.421. The topological polar surface area (TPSA) is 75.0 Å². The van der Waals surface area contributed by atoms with Crippen molar-refractivity contribution in [2.24, 2.45) is 11.8 Å². The normalized spacial score (nSPS) is 20.6. The highest BCUT2D eigenvalue weighted by Crippen LogP contribution is 2.30. The van der Waals surface area contributed by atoms with Gasteiger partial charge in [-0.15, -0.1) is 10.2 Å². The molecule has 1 aliphatic rings. The molecule has 0 saturated carbocycles. The largest absolute Gasteiger partial charge is 0.411 e. The van der Waals surface area contributed by atoms with Gasteiger partial charge in [0.1, 0.15) is 0 Å². The van der Waals surface area contributed by atoms with Gasteiger partial charge in [0, 0.05) is 30.2 Å². The fourth-order valence-corrected chi connectivity index (χ4v) is 4.37. The Kier molecular flexibility index (Phi) is 4.72. The predicted molar refractivity (Wildman–Crippen MR) is 102 cm³/mol. The van der Waals surface area contributed by atoms with Crippen molar-refractivity contribution in [3.8, 4) is 11.5 Å². The van der Waals surface area contributed by atoms with Crippen molar-refractivity contribution in [1.82, 2.24) is 20.1 Å². The molecule has 2 atom stereocenters. The maximum atomic E-state index is 12.5. The van der Waals surface area contributed by atoms with Crippen LogP contribution in [0.4, 0.5) is 0 Å². The number of rotatable bonds is 4. The van der Waals surface area contributed by atoms with E-state index in [1.165, 1.54) is 18.2 Å². The van der Waals surface area contributed by atoms with Crippen molar-refractivity contribution in [3.05, 3.63) is 30.5 Å². The van der Waals surface area contributed by atoms with Gasteiger partial charge < -0.3 is 14.3 Å². The van der Waals surface area contributed by atoms with Crippen molar-refractivity contribution >= 4 is 28.6 Å². The number of carbonyl (C=O) groups is 1. The highest BCUT2D eigenvalue weighted by atomic mass is 32.2. The van der Waals surface area contributed by atoms with Gasteiger partial charge in [0.05, 0.1) is 11.3 Å². The zero-order chi connectivity index (χ0) is 18.1. The van der Waals surface area contributed by atoms with Crippen molar-refractivity contribution in [2.75, 3.05) is 18.8 Å². The first-order valence-electron chi connectivity index (χ1n) is 8.90. The van der Waals surface area contributed by atoms with E-state index in [9.17, 15) is 4.79 Å². The number of para-hydroxylation sites is 1. The highest BCUT2D eigenvalue weighted by molar-refractivity contribution is 7.99. The average molecular weight is 370 g/mol. The molecular weight excluding hydrogens is 348 g/mol. The molecule has 3 heterocycles. The van der Waals surface area contributed by atoms with E-state index in [4.69, 9.17) is 4.42 Å². The number of nitrogens with one attached hydrogen (secondary N) is 1. The van der Waals surface area contributed by atoms with Gasteiger partial charge in [-0.25, -0.2) is 0 Å². The Balaban J connectivity index is 1.42. The number of nitrogens with zero attached hydrogens (tertiary/aromatic N) is 3. The first kappa shape index (κ1) is 17.1. The second-order valence-corrected chi connectivity index (χ2v) is 8.08. The summed E-state index contributed by atoms with van der Waals surface area (Å²) in [6.07, 6.45) is 3.06. The molecule has 2 aromatic heterocycles. The van der Waals surface area contributed by atoms with E-state index in [2.05, 4.69) is 29.0 Å². The summed E-state index contributed by atoms with van der Waals surface area (Å²) >= 11 is 1.31. The summed E-state index contributed by atoms with van der Waals surface area (Å²) in [5.41, 5.74) is 1.91. The van der Waals surface area contributed by atoms with Crippen molar-refractivity contribution in [2.45, 2.75) is 25.5 Å². The van der Waals surface area contributed by atoms with Gasteiger partial charge in [0.25, 0.3) is 11.1 Å². The maximum absolute atomic E-state index is 12.5. The number of hydrogen-bond donors (Lipinski definition) is 1. The molecule has 0 unspecified atom stereocenters. The molecule has 1 aromatic carbocycles. The van der Waals surface area contributed by atoms with Crippen LogP contribution in [0.1, 0.15) is 20.3 Å². The second-order valence-electron chi connectivity index (χ2n) is 7.15. The number of aromatic nitrogens is 3. The lowest BCUT2D eigenvalue weighted by Crippen LogP contribution is -2.43. The van der Waals surface area contributed by atoms with Crippen LogP contribution in [0.5, 0.6) is 0 Å². The lowest BCUT2D eigenvalue weighted by atomic mass is 9.92. The van der Waals surface area contributed by atoms with Gasteiger partial charge in [0.2, 0.25) is 5.91 Å². The molecule has 0 bridgehead atoms. The monoisotopic (exact) mass is 370 g/mol. The lowest BCUT2D eigenvalue weighted by Gasteiger charge is -2.34. The van der Waals surface area contributed by atoms with Crippen LogP contribution in [0.3, 0.4) is 0 Å². The van der Waals surface area contributed by atoms with Gasteiger partial charge in [-0.1, -0.05) is 43.8 Å². The zero-order valence-electron chi connectivity index (χ0n) is 14.9. The first-order valence-corrected chi connectivity index (χ1v) is 9.89. The second kappa shape index (κ2) is 7.15. The minimum atomic E-state index is 0.139. The van der Waals surface area contributed by atoms with E-state index >= 15 is 0 Å². The number of likely N-dealkylation sites (tertiary alicyclic amines) is 1. The molecule has 136 valence electrons. The molecule has 4 rings (SSSR count). The third-order valence-corrected chi connectivity index (χ3v) is 5.57.